The molecule has 1 aromatic heterocycles. The second-order valence-electron chi connectivity index (χ2n) is 4.15. The molecule has 0 aromatic carbocycles. The van der Waals surface area contributed by atoms with Crippen LogP contribution >= 0.6 is 11.3 Å². The molecule has 2 rings (SSSR count). The van der Waals surface area contributed by atoms with Crippen molar-refractivity contribution in [1.82, 2.24) is 4.98 Å². The molecule has 1 saturated carbocycles. The van der Waals surface area contributed by atoms with Crippen LogP contribution in [-0.4, -0.2) is 17.3 Å². The van der Waals surface area contributed by atoms with Crippen molar-refractivity contribution in [3.63, 3.8) is 0 Å². The van der Waals surface area contributed by atoms with Crippen molar-refractivity contribution in [2.75, 3.05) is 6.54 Å². The van der Waals surface area contributed by atoms with Crippen molar-refractivity contribution in [2.45, 2.75) is 25.7 Å². The minimum Gasteiger partial charge on any atom is -0.330 e. The van der Waals surface area contributed by atoms with Gasteiger partial charge in [-0.1, -0.05) is 0 Å². The van der Waals surface area contributed by atoms with Gasteiger partial charge in [0.25, 0.3) is 0 Å². The van der Waals surface area contributed by atoms with Gasteiger partial charge >= 0.3 is 0 Å². The van der Waals surface area contributed by atoms with Gasteiger partial charge < -0.3 is 5.73 Å². The average Bonchev–Trinajstić information content (AvgIpc) is 2.82. The third-order valence-corrected chi connectivity index (χ3v) is 3.98. The van der Waals surface area contributed by atoms with Gasteiger partial charge in [0.2, 0.25) is 0 Å². The molecule has 1 fully saturated rings. The van der Waals surface area contributed by atoms with Crippen LogP contribution in [0.3, 0.4) is 0 Å². The molecule has 3 nitrogen and oxygen atoms in total. The van der Waals surface area contributed by atoms with Crippen LogP contribution in [0, 0.1) is 11.8 Å². The third kappa shape index (κ3) is 2.44. The molecular weight excluding hydrogens is 208 g/mol. The van der Waals surface area contributed by atoms with Gasteiger partial charge in [-0.05, 0) is 38.1 Å². The number of nitrogens with two attached hydrogens (primary N) is 1. The van der Waals surface area contributed by atoms with E-state index >= 15 is 0 Å². The molecule has 2 N–H and O–H groups in total. The molecule has 1 aliphatic carbocycles. The smallest absolute Gasteiger partial charge is 0.194 e. The van der Waals surface area contributed by atoms with E-state index in [4.69, 9.17) is 5.73 Å². The van der Waals surface area contributed by atoms with E-state index < -0.39 is 0 Å². The van der Waals surface area contributed by atoms with Gasteiger partial charge in [0, 0.05) is 17.5 Å². The van der Waals surface area contributed by atoms with Crippen LogP contribution in [0.1, 0.15) is 35.5 Å². The average molecular weight is 224 g/mol. The molecule has 1 aromatic rings. The number of hydrogen-bond acceptors (Lipinski definition) is 4. The minimum absolute atomic E-state index is 0.193. The summed E-state index contributed by atoms with van der Waals surface area (Å²) in [7, 11) is 0. The highest BCUT2D eigenvalue weighted by atomic mass is 32.1. The number of aromatic nitrogens is 1. The van der Waals surface area contributed by atoms with Crippen molar-refractivity contribution in [2.24, 2.45) is 17.6 Å². The zero-order valence-electron chi connectivity index (χ0n) is 8.69. The largest absolute Gasteiger partial charge is 0.330 e. The standard InChI is InChI=1S/C11H16N2OS/c12-7-8-1-3-9(4-2-8)10(14)11-13-5-6-15-11/h5-6,8-9H,1-4,7,12H2. The molecule has 0 spiro atoms. The van der Waals surface area contributed by atoms with E-state index in [0.29, 0.717) is 10.9 Å². The van der Waals surface area contributed by atoms with E-state index in [1.54, 1.807) is 6.20 Å². The molecule has 0 bridgehead atoms. The van der Waals surface area contributed by atoms with E-state index in [2.05, 4.69) is 4.98 Å². The SMILES string of the molecule is NCC1CCC(C(=O)c2nccs2)CC1. The first-order valence-corrected chi connectivity index (χ1v) is 6.33. The first-order valence-electron chi connectivity index (χ1n) is 5.45. The Hall–Kier alpha value is -0.740. The van der Waals surface area contributed by atoms with Crippen molar-refractivity contribution < 1.29 is 4.79 Å². The van der Waals surface area contributed by atoms with Gasteiger partial charge in [-0.25, -0.2) is 4.98 Å². The van der Waals surface area contributed by atoms with Gasteiger partial charge in [0.1, 0.15) is 0 Å². The highest BCUT2D eigenvalue weighted by Crippen LogP contribution is 2.30. The van der Waals surface area contributed by atoms with E-state index in [9.17, 15) is 4.79 Å². The number of carbonyl (C=O) groups is 1. The molecular formula is C11H16N2OS. The van der Waals surface area contributed by atoms with Crippen LogP contribution in [0.25, 0.3) is 0 Å². The monoisotopic (exact) mass is 224 g/mol. The summed E-state index contributed by atoms with van der Waals surface area (Å²) in [4.78, 5) is 16.0. The molecule has 82 valence electrons. The number of thiazole rings is 1. The molecule has 0 amide bonds. The number of Topliss-reactive ketones (excluding diaryl/α,β-unsaturated/α-hetero) is 1. The quantitative estimate of drug-likeness (QED) is 0.800. The van der Waals surface area contributed by atoms with E-state index in [1.165, 1.54) is 11.3 Å². The fourth-order valence-corrected chi connectivity index (χ4v) is 2.84. The molecule has 0 saturated heterocycles. The fraction of sp³-hybridized carbons (Fsp3) is 0.636. The van der Waals surface area contributed by atoms with E-state index in [1.807, 2.05) is 5.38 Å². The Kier molecular flexibility index (Phi) is 3.49. The normalized spacial score (nSPS) is 26.5. The Labute approximate surface area is 93.7 Å². The van der Waals surface area contributed by atoms with Crippen molar-refractivity contribution in [3.05, 3.63) is 16.6 Å². The Balaban J connectivity index is 1.93. The summed E-state index contributed by atoms with van der Waals surface area (Å²) < 4.78 is 0. The lowest BCUT2D eigenvalue weighted by Crippen LogP contribution is -2.25. The Bertz CT molecular complexity index is 315. The third-order valence-electron chi connectivity index (χ3n) is 3.19. The summed E-state index contributed by atoms with van der Waals surface area (Å²) >= 11 is 1.45. The summed E-state index contributed by atoms with van der Waals surface area (Å²) in [6.07, 6.45) is 5.86. The first-order chi connectivity index (χ1) is 7.31. The van der Waals surface area contributed by atoms with E-state index in [-0.39, 0.29) is 11.7 Å². The van der Waals surface area contributed by atoms with Gasteiger partial charge in [0.05, 0.1) is 0 Å². The second kappa shape index (κ2) is 4.86. The first kappa shape index (κ1) is 10.8. The summed E-state index contributed by atoms with van der Waals surface area (Å²) in [6, 6.07) is 0. The highest BCUT2D eigenvalue weighted by molar-refractivity contribution is 7.11. The van der Waals surface area contributed by atoms with Crippen LogP contribution < -0.4 is 5.73 Å². The lowest BCUT2D eigenvalue weighted by molar-refractivity contribution is 0.0873. The van der Waals surface area contributed by atoms with Gasteiger partial charge in [-0.15, -0.1) is 11.3 Å². The fourth-order valence-electron chi connectivity index (χ4n) is 2.18. The number of ketones is 1. The maximum atomic E-state index is 12.0. The number of carbonyl (C=O) groups excluding carboxylic acids is 1. The van der Waals surface area contributed by atoms with Crippen LogP contribution in [0.15, 0.2) is 11.6 Å². The molecule has 0 unspecified atom stereocenters. The summed E-state index contributed by atoms with van der Waals surface area (Å²) in [6.45, 7) is 0.762. The maximum Gasteiger partial charge on any atom is 0.194 e. The Morgan fingerprint density at radius 2 is 2.20 bits per heavy atom. The molecule has 1 aliphatic rings. The van der Waals surface area contributed by atoms with Crippen LogP contribution in [0.4, 0.5) is 0 Å². The number of rotatable bonds is 3. The van der Waals surface area contributed by atoms with Crippen molar-refractivity contribution in [3.8, 4) is 0 Å². The lowest BCUT2D eigenvalue weighted by atomic mass is 9.80. The molecule has 1 heterocycles. The highest BCUT2D eigenvalue weighted by Gasteiger charge is 2.27. The Morgan fingerprint density at radius 1 is 1.47 bits per heavy atom. The van der Waals surface area contributed by atoms with Gasteiger partial charge in [-0.2, -0.15) is 0 Å². The summed E-state index contributed by atoms with van der Waals surface area (Å²) in [5, 5.41) is 2.53. The maximum absolute atomic E-state index is 12.0. The topological polar surface area (TPSA) is 56.0 Å². The van der Waals surface area contributed by atoms with Crippen molar-refractivity contribution in [1.29, 1.82) is 0 Å². The molecule has 4 heteroatoms. The molecule has 15 heavy (non-hydrogen) atoms. The molecule has 0 atom stereocenters. The predicted octanol–water partition coefficient (Wildman–Crippen LogP) is 2.09. The van der Waals surface area contributed by atoms with Crippen molar-refractivity contribution >= 4 is 17.1 Å². The minimum atomic E-state index is 0.193. The predicted molar refractivity (Wildman–Crippen MR) is 60.9 cm³/mol. The zero-order chi connectivity index (χ0) is 10.7. The van der Waals surface area contributed by atoms with Gasteiger partial charge in [0.15, 0.2) is 10.8 Å². The zero-order valence-corrected chi connectivity index (χ0v) is 9.50. The second-order valence-corrected chi connectivity index (χ2v) is 5.05. The van der Waals surface area contributed by atoms with Crippen LogP contribution in [0.2, 0.25) is 0 Å². The summed E-state index contributed by atoms with van der Waals surface area (Å²) in [5.74, 6) is 1.06. The number of nitrogens with zero attached hydrogens (tertiary/aromatic N) is 1. The number of hydrogen-bond donors (Lipinski definition) is 1. The van der Waals surface area contributed by atoms with Crippen LogP contribution in [-0.2, 0) is 0 Å². The van der Waals surface area contributed by atoms with E-state index in [0.717, 1.165) is 32.2 Å². The summed E-state index contributed by atoms with van der Waals surface area (Å²) in [5.41, 5.74) is 5.62. The molecule has 0 aliphatic heterocycles. The van der Waals surface area contributed by atoms with Gasteiger partial charge in [-0.3, -0.25) is 4.79 Å². The van der Waals surface area contributed by atoms with Crippen LogP contribution in [0.5, 0.6) is 0 Å². The lowest BCUT2D eigenvalue weighted by Gasteiger charge is -2.25. The molecule has 0 radical (unpaired) electrons. The Morgan fingerprint density at radius 3 is 2.73 bits per heavy atom.